The van der Waals surface area contributed by atoms with E-state index in [0.717, 1.165) is 0 Å². The molecule has 8 heteroatoms. The molecule has 2 aromatic rings. The number of carbonyl (C=O) groups is 2. The first-order chi connectivity index (χ1) is 13.7. The average Bonchev–Trinajstić information content (AvgIpc) is 2.91. The maximum atomic E-state index is 12.9. The predicted octanol–water partition coefficient (Wildman–Crippen LogP) is 3.36. The van der Waals surface area contributed by atoms with Gasteiger partial charge in [0.15, 0.2) is 0 Å². The molecule has 0 radical (unpaired) electrons. The smallest absolute Gasteiger partial charge is 0.275 e. The van der Waals surface area contributed by atoms with E-state index in [1.54, 1.807) is 63.4 Å². The van der Waals surface area contributed by atoms with Crippen molar-refractivity contribution in [2.75, 3.05) is 26.1 Å². The number of hydrogen-bond donors (Lipinski definition) is 1. The van der Waals surface area contributed by atoms with E-state index in [2.05, 4.69) is 10.3 Å². The van der Waals surface area contributed by atoms with Crippen LogP contribution in [-0.2, 0) is 9.59 Å². The topological polar surface area (TPSA) is 80.2 Å². The lowest BCUT2D eigenvalue weighted by Gasteiger charge is -2.28. The molecule has 0 saturated heterocycles. The quantitative estimate of drug-likeness (QED) is 0.784. The van der Waals surface area contributed by atoms with Crippen molar-refractivity contribution in [3.63, 3.8) is 0 Å². The largest absolute Gasteiger partial charge is 0.497 e. The van der Waals surface area contributed by atoms with Gasteiger partial charge in [0.05, 0.1) is 19.2 Å². The highest BCUT2D eigenvalue weighted by Crippen LogP contribution is 2.29. The molecule has 2 amide bonds. The molecule has 0 aromatic heterocycles. The highest BCUT2D eigenvalue weighted by atomic mass is 35.5. The zero-order valence-electron chi connectivity index (χ0n) is 16.7. The fraction of sp³-hybridized carbons (Fsp3) is 0.286. The van der Waals surface area contributed by atoms with Crippen molar-refractivity contribution in [3.8, 4) is 11.5 Å². The number of nitrogens with zero attached hydrogens (tertiary/aromatic N) is 2. The van der Waals surface area contributed by atoms with E-state index >= 15 is 0 Å². The Labute approximate surface area is 174 Å². The summed E-state index contributed by atoms with van der Waals surface area (Å²) in [5, 5.41) is 3.13. The Bertz CT molecular complexity index is 970. The Morgan fingerprint density at radius 2 is 1.83 bits per heavy atom. The van der Waals surface area contributed by atoms with Crippen LogP contribution in [0.2, 0.25) is 5.02 Å². The number of rotatable bonds is 6. The van der Waals surface area contributed by atoms with E-state index in [-0.39, 0.29) is 18.4 Å². The molecule has 1 aliphatic heterocycles. The summed E-state index contributed by atoms with van der Waals surface area (Å²) in [5.41, 5.74) is 0.662. The van der Waals surface area contributed by atoms with Gasteiger partial charge < -0.3 is 19.7 Å². The number of benzene rings is 2. The number of carbonyl (C=O) groups excluding carboxylic acids is 2. The van der Waals surface area contributed by atoms with Crippen molar-refractivity contribution in [1.29, 1.82) is 0 Å². The van der Waals surface area contributed by atoms with Gasteiger partial charge in [0.25, 0.3) is 5.91 Å². The second-order valence-corrected chi connectivity index (χ2v) is 7.38. The number of amides is 2. The third kappa shape index (κ3) is 4.35. The Morgan fingerprint density at radius 1 is 1.14 bits per heavy atom. The third-order valence-corrected chi connectivity index (χ3v) is 4.89. The van der Waals surface area contributed by atoms with Crippen LogP contribution in [0, 0.1) is 0 Å². The van der Waals surface area contributed by atoms with E-state index in [9.17, 15) is 9.59 Å². The van der Waals surface area contributed by atoms with Gasteiger partial charge in [-0.3, -0.25) is 14.6 Å². The number of nitrogens with one attached hydrogen (secondary N) is 1. The number of anilines is 1. The van der Waals surface area contributed by atoms with Gasteiger partial charge in [-0.1, -0.05) is 11.6 Å². The van der Waals surface area contributed by atoms with Gasteiger partial charge in [0, 0.05) is 11.3 Å². The van der Waals surface area contributed by atoms with Crippen LogP contribution in [0.1, 0.15) is 19.4 Å². The standard InChI is InChI=1S/C21H22ClN3O4/c1-21(2)24-19(13-5-8-15(28-3)9-6-13)20(27)25(21)12-18(26)23-14-7-10-17(29-4)16(22)11-14/h5-11H,12H2,1-4H3,(H,23,26). The first-order valence-electron chi connectivity index (χ1n) is 8.95. The lowest BCUT2D eigenvalue weighted by Crippen LogP contribution is -2.46. The highest BCUT2D eigenvalue weighted by molar-refractivity contribution is 6.47. The summed E-state index contributed by atoms with van der Waals surface area (Å²) in [6, 6.07) is 12.0. The minimum atomic E-state index is -0.846. The molecular formula is C21H22ClN3O4. The summed E-state index contributed by atoms with van der Waals surface area (Å²) in [6.07, 6.45) is 0. The molecule has 0 spiro atoms. The molecule has 2 aromatic carbocycles. The molecule has 3 rings (SSSR count). The van der Waals surface area contributed by atoms with Gasteiger partial charge in [-0.05, 0) is 56.3 Å². The van der Waals surface area contributed by atoms with Gasteiger partial charge in [-0.15, -0.1) is 0 Å². The average molecular weight is 416 g/mol. The lowest BCUT2D eigenvalue weighted by molar-refractivity contribution is -0.131. The molecule has 0 unspecified atom stereocenters. The van der Waals surface area contributed by atoms with Crippen molar-refractivity contribution in [2.24, 2.45) is 4.99 Å². The number of ether oxygens (including phenoxy) is 2. The number of methoxy groups -OCH3 is 2. The molecule has 1 aliphatic rings. The van der Waals surface area contributed by atoms with Gasteiger partial charge in [0.1, 0.15) is 29.4 Å². The van der Waals surface area contributed by atoms with Crippen molar-refractivity contribution in [3.05, 3.63) is 53.1 Å². The van der Waals surface area contributed by atoms with Gasteiger partial charge in [0.2, 0.25) is 5.91 Å². The highest BCUT2D eigenvalue weighted by Gasteiger charge is 2.41. The van der Waals surface area contributed by atoms with Crippen LogP contribution < -0.4 is 14.8 Å². The Hall–Kier alpha value is -3.06. The maximum absolute atomic E-state index is 12.9. The molecule has 0 atom stereocenters. The Kier molecular flexibility index (Phi) is 5.79. The van der Waals surface area contributed by atoms with Crippen LogP contribution >= 0.6 is 11.6 Å². The van der Waals surface area contributed by atoms with Crippen LogP contribution in [0.5, 0.6) is 11.5 Å². The van der Waals surface area contributed by atoms with Gasteiger partial charge in [-0.2, -0.15) is 0 Å². The summed E-state index contributed by atoms with van der Waals surface area (Å²) >= 11 is 6.09. The molecule has 7 nitrogen and oxygen atoms in total. The number of halogens is 1. The van der Waals surface area contributed by atoms with E-state index in [1.807, 2.05) is 0 Å². The number of hydrogen-bond acceptors (Lipinski definition) is 5. The molecule has 1 N–H and O–H groups in total. The Morgan fingerprint density at radius 3 is 2.41 bits per heavy atom. The normalized spacial score (nSPS) is 15.1. The summed E-state index contributed by atoms with van der Waals surface area (Å²) in [5.74, 6) is 0.549. The minimum absolute atomic E-state index is 0.140. The molecule has 29 heavy (non-hydrogen) atoms. The third-order valence-electron chi connectivity index (χ3n) is 4.59. The SMILES string of the molecule is COc1ccc(C2=NC(C)(C)N(CC(=O)Nc3ccc(OC)c(Cl)c3)C2=O)cc1. The fourth-order valence-corrected chi connectivity index (χ4v) is 3.31. The Balaban J connectivity index is 1.73. The first-order valence-corrected chi connectivity index (χ1v) is 9.32. The van der Waals surface area contributed by atoms with Crippen LogP contribution in [0.25, 0.3) is 0 Å². The first kappa shape index (κ1) is 20.7. The van der Waals surface area contributed by atoms with Crippen molar-refractivity contribution >= 4 is 34.8 Å². The van der Waals surface area contributed by atoms with E-state index in [0.29, 0.717) is 33.5 Å². The zero-order valence-corrected chi connectivity index (χ0v) is 17.4. The van der Waals surface area contributed by atoms with E-state index in [1.165, 1.54) is 12.0 Å². The van der Waals surface area contributed by atoms with Crippen LogP contribution in [0.4, 0.5) is 5.69 Å². The molecule has 152 valence electrons. The molecule has 0 bridgehead atoms. The minimum Gasteiger partial charge on any atom is -0.497 e. The molecular weight excluding hydrogens is 394 g/mol. The van der Waals surface area contributed by atoms with Crippen LogP contribution in [0.3, 0.4) is 0 Å². The van der Waals surface area contributed by atoms with Crippen molar-refractivity contribution in [2.45, 2.75) is 19.5 Å². The second-order valence-electron chi connectivity index (χ2n) is 6.97. The number of aliphatic imine (C=N–C) groups is 1. The van der Waals surface area contributed by atoms with Crippen molar-refractivity contribution in [1.82, 2.24) is 4.90 Å². The molecule has 0 aliphatic carbocycles. The fourth-order valence-electron chi connectivity index (χ4n) is 3.05. The zero-order chi connectivity index (χ0) is 21.2. The summed E-state index contributed by atoms with van der Waals surface area (Å²) in [6.45, 7) is 3.44. The predicted molar refractivity (Wildman–Crippen MR) is 112 cm³/mol. The summed E-state index contributed by atoms with van der Waals surface area (Å²) in [7, 11) is 3.09. The van der Waals surface area contributed by atoms with Gasteiger partial charge >= 0.3 is 0 Å². The van der Waals surface area contributed by atoms with E-state index < -0.39 is 5.66 Å². The molecule has 1 heterocycles. The van der Waals surface area contributed by atoms with Crippen LogP contribution in [0.15, 0.2) is 47.5 Å². The van der Waals surface area contributed by atoms with Crippen molar-refractivity contribution < 1.29 is 19.1 Å². The van der Waals surface area contributed by atoms with E-state index in [4.69, 9.17) is 21.1 Å². The summed E-state index contributed by atoms with van der Waals surface area (Å²) < 4.78 is 10.2. The summed E-state index contributed by atoms with van der Waals surface area (Å²) in [4.78, 5) is 31.5. The van der Waals surface area contributed by atoms with Gasteiger partial charge in [-0.25, -0.2) is 0 Å². The second kappa shape index (κ2) is 8.13. The maximum Gasteiger partial charge on any atom is 0.275 e. The molecule has 0 fully saturated rings. The van der Waals surface area contributed by atoms with Crippen LogP contribution in [-0.4, -0.2) is 48.9 Å². The lowest BCUT2D eigenvalue weighted by atomic mass is 10.1. The monoisotopic (exact) mass is 415 g/mol. The molecule has 0 saturated carbocycles.